The normalized spacial score (nSPS) is 19.0. The monoisotopic (exact) mass is 258 g/mol. The Morgan fingerprint density at radius 3 is 2.88 bits per heavy atom. The van der Waals surface area contributed by atoms with Gasteiger partial charge in [0, 0.05) is 12.1 Å². The van der Waals surface area contributed by atoms with Gasteiger partial charge in [0.1, 0.15) is 12.4 Å². The minimum absolute atomic E-state index is 0. The van der Waals surface area contributed by atoms with Crippen LogP contribution in [0, 0.1) is 10.1 Å². The van der Waals surface area contributed by atoms with E-state index >= 15 is 0 Å². The first-order valence-electron chi connectivity index (χ1n) is 5.24. The van der Waals surface area contributed by atoms with Crippen molar-refractivity contribution in [3.8, 4) is 5.75 Å². The Bertz CT molecular complexity index is 400. The highest BCUT2D eigenvalue weighted by Crippen LogP contribution is 2.21. The highest BCUT2D eigenvalue weighted by Gasteiger charge is 2.24. The third-order valence-electron chi connectivity index (χ3n) is 2.91. The molecule has 5 nitrogen and oxygen atoms in total. The van der Waals surface area contributed by atoms with Crippen LogP contribution in [-0.2, 0) is 0 Å². The average Bonchev–Trinajstić information content (AvgIpc) is 2.27. The maximum atomic E-state index is 10.6. The van der Waals surface area contributed by atoms with Crippen LogP contribution >= 0.6 is 12.4 Å². The maximum Gasteiger partial charge on any atom is 0.273 e. The van der Waals surface area contributed by atoms with Crippen LogP contribution in [0.2, 0.25) is 0 Å². The summed E-state index contributed by atoms with van der Waals surface area (Å²) in [7, 11) is 2.05. The smallest absolute Gasteiger partial charge is 0.273 e. The van der Waals surface area contributed by atoms with Crippen molar-refractivity contribution < 1.29 is 9.66 Å². The number of benzene rings is 1. The predicted molar refractivity (Wildman–Crippen MR) is 66.9 cm³/mol. The molecule has 0 aromatic heterocycles. The van der Waals surface area contributed by atoms with Crippen LogP contribution in [0.4, 0.5) is 5.69 Å². The van der Waals surface area contributed by atoms with Gasteiger partial charge in [-0.05, 0) is 26.1 Å². The second-order valence-corrected chi connectivity index (χ2v) is 3.99. The molecule has 1 saturated heterocycles. The third kappa shape index (κ3) is 3.31. The largest absolute Gasteiger partial charge is 0.492 e. The number of nitro benzene ring substituents is 1. The molecule has 0 spiro atoms. The lowest BCUT2D eigenvalue weighted by Gasteiger charge is -2.37. The minimum Gasteiger partial charge on any atom is -0.492 e. The lowest BCUT2D eigenvalue weighted by Crippen LogP contribution is -2.48. The number of hydrogen-bond donors (Lipinski definition) is 0. The molecule has 1 heterocycles. The van der Waals surface area contributed by atoms with Gasteiger partial charge in [0.05, 0.1) is 11.0 Å². The Hall–Kier alpha value is -1.33. The number of ether oxygens (including phenoxy) is 1. The van der Waals surface area contributed by atoms with Gasteiger partial charge in [0.15, 0.2) is 0 Å². The molecule has 1 aliphatic rings. The summed E-state index contributed by atoms with van der Waals surface area (Å²) in [5.41, 5.74) is 0.0689. The molecule has 1 atom stereocenters. The number of likely N-dealkylation sites (tertiary alicyclic amines) is 1. The summed E-state index contributed by atoms with van der Waals surface area (Å²) < 4.78 is 5.53. The van der Waals surface area contributed by atoms with Gasteiger partial charge in [-0.1, -0.05) is 6.07 Å². The van der Waals surface area contributed by atoms with Gasteiger partial charge < -0.3 is 4.74 Å². The lowest BCUT2D eigenvalue weighted by molar-refractivity contribution is -0.384. The van der Waals surface area contributed by atoms with Gasteiger partial charge in [0.2, 0.25) is 0 Å². The van der Waals surface area contributed by atoms with E-state index in [-0.39, 0.29) is 18.1 Å². The molecular weight excluding hydrogens is 244 g/mol. The first-order valence-corrected chi connectivity index (χ1v) is 5.24. The molecule has 1 aromatic carbocycles. The van der Waals surface area contributed by atoms with E-state index < -0.39 is 4.92 Å². The highest BCUT2D eigenvalue weighted by atomic mass is 35.5. The second kappa shape index (κ2) is 5.84. The zero-order chi connectivity index (χ0) is 11.5. The van der Waals surface area contributed by atoms with E-state index in [0.29, 0.717) is 18.4 Å². The van der Waals surface area contributed by atoms with Gasteiger partial charge in [-0.15, -0.1) is 12.4 Å². The van der Waals surface area contributed by atoms with Gasteiger partial charge >= 0.3 is 0 Å². The van der Waals surface area contributed by atoms with Crippen LogP contribution in [-0.4, -0.2) is 36.1 Å². The average molecular weight is 259 g/mol. The van der Waals surface area contributed by atoms with E-state index in [2.05, 4.69) is 4.90 Å². The number of halogens is 1. The fourth-order valence-corrected chi connectivity index (χ4v) is 1.66. The topological polar surface area (TPSA) is 55.6 Å². The molecule has 0 saturated carbocycles. The summed E-state index contributed by atoms with van der Waals surface area (Å²) in [4.78, 5) is 12.3. The maximum absolute atomic E-state index is 10.6. The fourth-order valence-electron chi connectivity index (χ4n) is 1.66. The van der Waals surface area contributed by atoms with Crippen molar-refractivity contribution >= 4 is 18.1 Å². The van der Waals surface area contributed by atoms with E-state index in [0.717, 1.165) is 13.0 Å². The number of rotatable bonds is 4. The summed E-state index contributed by atoms with van der Waals surface area (Å²) in [6, 6.07) is 6.74. The molecule has 1 aromatic rings. The molecule has 0 N–H and O–H groups in total. The van der Waals surface area contributed by atoms with Crippen molar-refractivity contribution in [1.29, 1.82) is 0 Å². The van der Waals surface area contributed by atoms with Crippen LogP contribution < -0.4 is 4.74 Å². The van der Waals surface area contributed by atoms with Crippen LogP contribution in [0.1, 0.15) is 6.42 Å². The highest BCUT2D eigenvalue weighted by molar-refractivity contribution is 5.85. The summed E-state index contributed by atoms with van der Waals surface area (Å²) >= 11 is 0. The molecule has 0 radical (unpaired) electrons. The van der Waals surface area contributed by atoms with Crippen molar-refractivity contribution in [1.82, 2.24) is 4.90 Å². The summed E-state index contributed by atoms with van der Waals surface area (Å²) in [5.74, 6) is 0.564. The SMILES string of the molecule is CN1CC[C@@H]1COc1cccc([N+](=O)[O-])c1.Cl. The second-order valence-electron chi connectivity index (χ2n) is 3.99. The van der Waals surface area contributed by atoms with E-state index in [1.165, 1.54) is 12.1 Å². The van der Waals surface area contributed by atoms with E-state index in [1.54, 1.807) is 12.1 Å². The molecule has 0 unspecified atom stereocenters. The summed E-state index contributed by atoms with van der Waals surface area (Å²) in [6.45, 7) is 1.70. The molecule has 94 valence electrons. The number of non-ortho nitro benzene ring substituents is 1. The van der Waals surface area contributed by atoms with Crippen LogP contribution in [0.25, 0.3) is 0 Å². The first kappa shape index (κ1) is 13.7. The Labute approximate surface area is 106 Å². The first-order chi connectivity index (χ1) is 7.66. The van der Waals surface area contributed by atoms with E-state index in [9.17, 15) is 10.1 Å². The van der Waals surface area contributed by atoms with Crippen molar-refractivity contribution in [2.75, 3.05) is 20.2 Å². The fraction of sp³-hybridized carbons (Fsp3) is 0.455. The standard InChI is InChI=1S/C11H14N2O3.ClH/c1-12-6-5-10(12)8-16-11-4-2-3-9(7-11)13(14)15;/h2-4,7,10H,5-6,8H2,1H3;1H/t10-;/m1./s1. The molecule has 0 amide bonds. The Morgan fingerprint density at radius 2 is 2.35 bits per heavy atom. The zero-order valence-electron chi connectivity index (χ0n) is 9.54. The quantitative estimate of drug-likeness (QED) is 0.613. The number of nitro groups is 1. The molecule has 2 rings (SSSR count). The van der Waals surface area contributed by atoms with Gasteiger partial charge in [-0.2, -0.15) is 0 Å². The van der Waals surface area contributed by atoms with Crippen LogP contribution in [0.3, 0.4) is 0 Å². The summed E-state index contributed by atoms with van der Waals surface area (Å²) in [5, 5.41) is 10.6. The number of likely N-dealkylation sites (N-methyl/N-ethyl adjacent to an activating group) is 1. The number of nitrogens with zero attached hydrogens (tertiary/aromatic N) is 2. The molecule has 6 heteroatoms. The minimum atomic E-state index is -0.414. The molecule has 1 aliphatic heterocycles. The van der Waals surface area contributed by atoms with Gasteiger partial charge in [-0.3, -0.25) is 15.0 Å². The van der Waals surface area contributed by atoms with Crippen molar-refractivity contribution in [2.45, 2.75) is 12.5 Å². The molecule has 17 heavy (non-hydrogen) atoms. The Kier molecular flexibility index (Phi) is 4.72. The van der Waals surface area contributed by atoms with Crippen LogP contribution in [0.5, 0.6) is 5.75 Å². The molecular formula is C11H15ClN2O3. The molecule has 1 fully saturated rings. The lowest BCUT2D eigenvalue weighted by atomic mass is 10.1. The van der Waals surface area contributed by atoms with Gasteiger partial charge in [0.25, 0.3) is 5.69 Å². The van der Waals surface area contributed by atoms with Crippen molar-refractivity contribution in [2.24, 2.45) is 0 Å². The molecule has 0 bridgehead atoms. The summed E-state index contributed by atoms with van der Waals surface area (Å²) in [6.07, 6.45) is 1.13. The van der Waals surface area contributed by atoms with Gasteiger partial charge in [-0.25, -0.2) is 0 Å². The van der Waals surface area contributed by atoms with Crippen molar-refractivity contribution in [3.05, 3.63) is 34.4 Å². The third-order valence-corrected chi connectivity index (χ3v) is 2.91. The Morgan fingerprint density at radius 1 is 1.59 bits per heavy atom. The number of hydrogen-bond acceptors (Lipinski definition) is 4. The van der Waals surface area contributed by atoms with E-state index in [4.69, 9.17) is 4.74 Å². The van der Waals surface area contributed by atoms with E-state index in [1.807, 2.05) is 7.05 Å². The molecule has 0 aliphatic carbocycles. The van der Waals surface area contributed by atoms with Crippen molar-refractivity contribution in [3.63, 3.8) is 0 Å². The predicted octanol–water partition coefficient (Wildman–Crippen LogP) is 2.10. The van der Waals surface area contributed by atoms with Crippen LogP contribution in [0.15, 0.2) is 24.3 Å². The zero-order valence-corrected chi connectivity index (χ0v) is 10.4. The Balaban J connectivity index is 0.00000144.